The summed E-state index contributed by atoms with van der Waals surface area (Å²) in [5.41, 5.74) is 1.18. The summed E-state index contributed by atoms with van der Waals surface area (Å²) in [5, 5.41) is 5.40. The Labute approximate surface area is 174 Å². The van der Waals surface area contributed by atoms with E-state index in [0.29, 0.717) is 18.0 Å². The Morgan fingerprint density at radius 3 is 2.48 bits per heavy atom. The predicted molar refractivity (Wildman–Crippen MR) is 110 cm³/mol. The minimum Gasteiger partial charge on any atom is -0.444 e. The number of carbonyl (C=O) groups excluding carboxylic acids is 1. The van der Waals surface area contributed by atoms with Crippen LogP contribution in [-0.4, -0.2) is 36.8 Å². The molecule has 0 unspecified atom stereocenters. The zero-order valence-corrected chi connectivity index (χ0v) is 18.3. The Hall–Kier alpha value is -2.21. The molecule has 160 valence electrons. The van der Waals surface area contributed by atoms with Gasteiger partial charge < -0.3 is 14.8 Å². The number of methoxy groups -OCH3 is 1. The second-order valence-electron chi connectivity index (χ2n) is 7.29. The number of nitrogens with zero attached hydrogens (tertiary/aromatic N) is 1. The Morgan fingerprint density at radius 2 is 1.93 bits per heavy atom. The lowest BCUT2D eigenvalue weighted by molar-refractivity contribution is 0.0503. The summed E-state index contributed by atoms with van der Waals surface area (Å²) in [7, 11) is -2.75. The molecule has 0 saturated heterocycles. The van der Waals surface area contributed by atoms with Gasteiger partial charge >= 0.3 is 16.4 Å². The van der Waals surface area contributed by atoms with Crippen LogP contribution in [0.2, 0.25) is 0 Å². The molecule has 11 heteroatoms. The number of anilines is 1. The quantitative estimate of drug-likeness (QED) is 0.534. The van der Waals surface area contributed by atoms with Crippen LogP contribution in [-0.2, 0) is 32.8 Å². The van der Waals surface area contributed by atoms with Crippen LogP contribution in [0.3, 0.4) is 0 Å². The number of carbonyl (C=O) groups is 1. The number of nitrogens with one attached hydrogen (secondary N) is 2. The van der Waals surface area contributed by atoms with E-state index in [1.54, 1.807) is 40.0 Å². The third-order valence-corrected chi connectivity index (χ3v) is 4.99. The van der Waals surface area contributed by atoms with Crippen LogP contribution in [0, 0.1) is 0 Å². The van der Waals surface area contributed by atoms with E-state index in [0.717, 1.165) is 11.3 Å². The summed E-state index contributed by atoms with van der Waals surface area (Å²) in [5.74, 6) is 0. The molecule has 0 saturated carbocycles. The van der Waals surface area contributed by atoms with E-state index in [2.05, 4.69) is 10.3 Å². The van der Waals surface area contributed by atoms with Crippen molar-refractivity contribution in [3.8, 4) is 0 Å². The third-order valence-electron chi connectivity index (χ3n) is 3.49. The smallest absolute Gasteiger partial charge is 0.408 e. The van der Waals surface area contributed by atoms with Crippen LogP contribution < -0.4 is 10.0 Å². The van der Waals surface area contributed by atoms with Crippen LogP contribution in [0.25, 0.3) is 0 Å². The van der Waals surface area contributed by atoms with Gasteiger partial charge in [0.25, 0.3) is 0 Å². The monoisotopic (exact) mass is 443 g/mol. The summed E-state index contributed by atoms with van der Waals surface area (Å²) < 4.78 is 43.1. The fourth-order valence-corrected chi connectivity index (χ4v) is 3.73. The molecule has 0 radical (unpaired) electrons. The van der Waals surface area contributed by atoms with Crippen LogP contribution in [0.1, 0.15) is 43.1 Å². The summed E-state index contributed by atoms with van der Waals surface area (Å²) in [6, 6.07) is 5.99. The van der Waals surface area contributed by atoms with Crippen LogP contribution in [0.5, 0.6) is 0 Å². The summed E-state index contributed by atoms with van der Waals surface area (Å²) in [4.78, 5) is 16.8. The van der Waals surface area contributed by atoms with E-state index >= 15 is 0 Å². The summed E-state index contributed by atoms with van der Waals surface area (Å²) >= 11 is 1.40. The van der Waals surface area contributed by atoms with Crippen molar-refractivity contribution < 1.29 is 27.2 Å². The first kappa shape index (κ1) is 23.1. The van der Waals surface area contributed by atoms with Crippen molar-refractivity contribution in [3.63, 3.8) is 0 Å². The fraction of sp³-hybridized carbons (Fsp3) is 0.444. The van der Waals surface area contributed by atoms with Crippen LogP contribution in [0.15, 0.2) is 29.6 Å². The number of hydrogen-bond donors (Lipinski definition) is 3. The lowest BCUT2D eigenvalue weighted by Crippen LogP contribution is -2.35. The molecule has 1 aromatic carbocycles. The van der Waals surface area contributed by atoms with Crippen molar-refractivity contribution in [2.45, 2.75) is 45.4 Å². The van der Waals surface area contributed by atoms with E-state index in [1.807, 2.05) is 10.1 Å². The third kappa shape index (κ3) is 8.36. The molecule has 0 bridgehead atoms. The highest BCUT2D eigenvalue weighted by molar-refractivity contribution is 7.87. The summed E-state index contributed by atoms with van der Waals surface area (Å²) in [6.07, 6.45) is -0.152. The molecule has 1 atom stereocenters. The number of thiazole rings is 1. The van der Waals surface area contributed by atoms with Gasteiger partial charge in [-0.05, 0) is 44.9 Å². The Balaban J connectivity index is 2.18. The van der Waals surface area contributed by atoms with Crippen molar-refractivity contribution in [2.24, 2.45) is 0 Å². The molecule has 0 fully saturated rings. The number of hydrogen-bond acceptors (Lipinski definition) is 7. The van der Waals surface area contributed by atoms with Gasteiger partial charge in [0.15, 0.2) is 0 Å². The molecule has 2 aromatic rings. The molecule has 2 rings (SSSR count). The SMILES string of the molecule is COCc1csc([C@H](Cc2ccc(NS(=O)(=O)O)cc2)NC(=O)OC(C)(C)C)n1. The van der Waals surface area contributed by atoms with Crippen molar-refractivity contribution in [2.75, 3.05) is 11.8 Å². The number of amides is 1. The normalized spacial score (nSPS) is 13.0. The average Bonchev–Trinajstić information content (AvgIpc) is 3.02. The molecule has 1 aromatic heterocycles. The zero-order chi connectivity index (χ0) is 21.7. The first-order valence-corrected chi connectivity index (χ1v) is 11.0. The molecule has 0 spiro atoms. The van der Waals surface area contributed by atoms with Crippen molar-refractivity contribution in [1.82, 2.24) is 10.3 Å². The van der Waals surface area contributed by atoms with Gasteiger partial charge in [0, 0.05) is 12.5 Å². The number of aromatic nitrogens is 1. The van der Waals surface area contributed by atoms with Gasteiger partial charge in [-0.15, -0.1) is 11.3 Å². The topological polar surface area (TPSA) is 127 Å². The Morgan fingerprint density at radius 1 is 1.28 bits per heavy atom. The largest absolute Gasteiger partial charge is 0.444 e. The first-order chi connectivity index (χ1) is 13.4. The lowest BCUT2D eigenvalue weighted by atomic mass is 10.1. The van der Waals surface area contributed by atoms with Gasteiger partial charge in [0.2, 0.25) is 0 Å². The average molecular weight is 444 g/mol. The number of alkyl carbamates (subject to hydrolysis) is 1. The minimum atomic E-state index is -4.34. The number of benzene rings is 1. The minimum absolute atomic E-state index is 0.226. The van der Waals surface area contributed by atoms with Crippen molar-refractivity contribution in [1.29, 1.82) is 0 Å². The highest BCUT2D eigenvalue weighted by Crippen LogP contribution is 2.24. The van der Waals surface area contributed by atoms with Gasteiger partial charge in [0.05, 0.1) is 24.0 Å². The lowest BCUT2D eigenvalue weighted by Gasteiger charge is -2.23. The molecule has 0 aliphatic rings. The number of ether oxygens (including phenoxy) is 2. The Bertz CT molecular complexity index is 920. The molecule has 3 N–H and O–H groups in total. The van der Waals surface area contributed by atoms with Crippen molar-refractivity contribution in [3.05, 3.63) is 45.9 Å². The maximum Gasteiger partial charge on any atom is 0.408 e. The van der Waals surface area contributed by atoms with Gasteiger partial charge in [-0.1, -0.05) is 12.1 Å². The molecule has 1 heterocycles. The van der Waals surface area contributed by atoms with Gasteiger partial charge in [-0.3, -0.25) is 9.27 Å². The maximum absolute atomic E-state index is 12.3. The van der Waals surface area contributed by atoms with Gasteiger partial charge in [0.1, 0.15) is 10.6 Å². The van der Waals surface area contributed by atoms with E-state index in [-0.39, 0.29) is 5.69 Å². The highest BCUT2D eigenvalue weighted by atomic mass is 32.2. The fourth-order valence-electron chi connectivity index (χ4n) is 2.44. The molecule has 0 aliphatic heterocycles. The first-order valence-electron chi connectivity index (χ1n) is 8.72. The zero-order valence-electron chi connectivity index (χ0n) is 16.6. The second kappa shape index (κ2) is 9.53. The molecule has 29 heavy (non-hydrogen) atoms. The van der Waals surface area contributed by atoms with Crippen LogP contribution in [0.4, 0.5) is 10.5 Å². The highest BCUT2D eigenvalue weighted by Gasteiger charge is 2.23. The van der Waals surface area contributed by atoms with Gasteiger partial charge in [-0.2, -0.15) is 8.42 Å². The standard InChI is InChI=1S/C18H25N3O6S2/c1-18(2,3)27-17(22)20-15(16-19-14(10-26-4)11-28-16)9-12-5-7-13(8-6-12)21-29(23,24)25/h5-8,11,15,21H,9-10H2,1-4H3,(H,20,22)(H,23,24,25)/t15-/m0/s1. The van der Waals surface area contributed by atoms with E-state index in [4.69, 9.17) is 14.0 Å². The van der Waals surface area contributed by atoms with Crippen LogP contribution >= 0.6 is 11.3 Å². The van der Waals surface area contributed by atoms with Crippen molar-refractivity contribution >= 4 is 33.4 Å². The summed E-state index contributed by atoms with van der Waals surface area (Å²) in [6.45, 7) is 5.71. The van der Waals surface area contributed by atoms with Gasteiger partial charge in [-0.25, -0.2) is 9.78 Å². The molecule has 1 amide bonds. The van der Waals surface area contributed by atoms with E-state index in [9.17, 15) is 13.2 Å². The number of rotatable bonds is 8. The Kier molecular flexibility index (Phi) is 7.58. The maximum atomic E-state index is 12.3. The molecule has 0 aliphatic carbocycles. The molecule has 9 nitrogen and oxygen atoms in total. The van der Waals surface area contributed by atoms with E-state index in [1.165, 1.54) is 23.5 Å². The second-order valence-corrected chi connectivity index (χ2v) is 9.33. The molecular formula is C18H25N3O6S2. The molecular weight excluding hydrogens is 418 g/mol. The van der Waals surface area contributed by atoms with E-state index < -0.39 is 28.0 Å². The predicted octanol–water partition coefficient (Wildman–Crippen LogP) is 3.31.